The Morgan fingerprint density at radius 1 is 0.971 bits per heavy atom. The van der Waals surface area contributed by atoms with Gasteiger partial charge in [0.1, 0.15) is 11.5 Å². The van der Waals surface area contributed by atoms with E-state index in [4.69, 9.17) is 23.5 Å². The Labute approximate surface area is 198 Å². The molecule has 0 amide bonds. The number of aryl methyl sites for hydroxylation is 1. The van der Waals surface area contributed by atoms with Gasteiger partial charge in [-0.15, -0.1) is 10.2 Å². The van der Waals surface area contributed by atoms with Crippen LogP contribution in [-0.4, -0.2) is 31.7 Å². The molecule has 0 radical (unpaired) electrons. The molecular weight excluding hydrogens is 450 g/mol. The van der Waals surface area contributed by atoms with Crippen molar-refractivity contribution in [2.24, 2.45) is 0 Å². The second kappa shape index (κ2) is 8.35. The van der Waals surface area contributed by atoms with Crippen molar-refractivity contribution in [3.63, 3.8) is 0 Å². The Morgan fingerprint density at radius 2 is 1.82 bits per heavy atom. The maximum absolute atomic E-state index is 5.94. The third-order valence-corrected chi connectivity index (χ3v) is 6.47. The number of nitrogens with zero attached hydrogens (tertiary/aromatic N) is 5. The highest BCUT2D eigenvalue weighted by molar-refractivity contribution is 7.98. The lowest BCUT2D eigenvalue weighted by Crippen LogP contribution is -1.99. The molecule has 0 fully saturated rings. The van der Waals surface area contributed by atoms with Crippen molar-refractivity contribution in [2.75, 3.05) is 7.11 Å². The third kappa shape index (κ3) is 3.50. The van der Waals surface area contributed by atoms with Gasteiger partial charge >= 0.3 is 0 Å². The van der Waals surface area contributed by atoms with Gasteiger partial charge in [0.15, 0.2) is 22.4 Å². The van der Waals surface area contributed by atoms with E-state index >= 15 is 0 Å². The second-order valence-electron chi connectivity index (χ2n) is 7.61. The summed E-state index contributed by atoms with van der Waals surface area (Å²) in [6.45, 7) is 1.92. The minimum absolute atomic E-state index is 0.566. The van der Waals surface area contributed by atoms with Crippen LogP contribution in [0.4, 0.5) is 0 Å². The number of oxazole rings is 1. The van der Waals surface area contributed by atoms with E-state index in [1.807, 2.05) is 72.0 Å². The number of benzene rings is 2. The van der Waals surface area contributed by atoms with Crippen LogP contribution in [0.5, 0.6) is 5.75 Å². The van der Waals surface area contributed by atoms with E-state index in [9.17, 15) is 0 Å². The highest BCUT2D eigenvalue weighted by Crippen LogP contribution is 2.32. The van der Waals surface area contributed by atoms with E-state index in [1.54, 1.807) is 13.4 Å². The van der Waals surface area contributed by atoms with Crippen molar-refractivity contribution in [2.45, 2.75) is 17.8 Å². The Bertz CT molecular complexity index is 1600. The number of aromatic nitrogens is 5. The average molecular weight is 470 g/mol. The summed E-state index contributed by atoms with van der Waals surface area (Å²) in [6, 6.07) is 19.2. The number of ether oxygens (including phenoxy) is 1. The molecule has 34 heavy (non-hydrogen) atoms. The van der Waals surface area contributed by atoms with Crippen molar-refractivity contribution >= 4 is 28.3 Å². The third-order valence-electron chi connectivity index (χ3n) is 5.53. The van der Waals surface area contributed by atoms with Gasteiger partial charge in [0.05, 0.1) is 24.6 Å². The molecule has 8 nitrogen and oxygen atoms in total. The van der Waals surface area contributed by atoms with Gasteiger partial charge in [0.2, 0.25) is 5.89 Å². The Balaban J connectivity index is 1.36. The van der Waals surface area contributed by atoms with E-state index < -0.39 is 0 Å². The minimum atomic E-state index is 0.566. The van der Waals surface area contributed by atoms with Crippen LogP contribution < -0.4 is 4.74 Å². The highest BCUT2D eigenvalue weighted by atomic mass is 32.2. The van der Waals surface area contributed by atoms with Crippen LogP contribution in [0.25, 0.3) is 39.6 Å². The maximum atomic E-state index is 5.94. The molecule has 0 atom stereocenters. The Morgan fingerprint density at radius 3 is 2.62 bits per heavy atom. The van der Waals surface area contributed by atoms with Gasteiger partial charge in [-0.3, -0.25) is 4.40 Å². The standard InChI is InChI=1S/C25H19N5O3S/c1-15-20(27-24(33-15)16-9-11-17(31-2)12-10-16)14-34-25-29-28-22-18-6-3-4-7-19(18)26-23(30(22)25)21-8-5-13-32-21/h3-13H,14H2,1-2H3. The highest BCUT2D eigenvalue weighted by Gasteiger charge is 2.19. The molecular formula is C25H19N5O3S. The van der Waals surface area contributed by atoms with Crippen molar-refractivity contribution in [3.8, 4) is 28.8 Å². The summed E-state index contributed by atoms with van der Waals surface area (Å²) in [5.41, 5.74) is 3.31. The van der Waals surface area contributed by atoms with Crippen LogP contribution in [-0.2, 0) is 5.75 Å². The predicted molar refractivity (Wildman–Crippen MR) is 129 cm³/mol. The summed E-state index contributed by atoms with van der Waals surface area (Å²) in [4.78, 5) is 9.56. The largest absolute Gasteiger partial charge is 0.497 e. The van der Waals surface area contributed by atoms with Crippen LogP contribution in [0.3, 0.4) is 0 Å². The van der Waals surface area contributed by atoms with Crippen LogP contribution in [0.15, 0.2) is 80.9 Å². The van der Waals surface area contributed by atoms with Gasteiger partial charge in [0.25, 0.3) is 0 Å². The van der Waals surface area contributed by atoms with Gasteiger partial charge in [-0.2, -0.15) is 0 Å². The second-order valence-corrected chi connectivity index (χ2v) is 8.55. The summed E-state index contributed by atoms with van der Waals surface area (Å²) in [7, 11) is 1.64. The molecule has 0 saturated carbocycles. The summed E-state index contributed by atoms with van der Waals surface area (Å²) in [5.74, 6) is 4.00. The summed E-state index contributed by atoms with van der Waals surface area (Å²) < 4.78 is 18.8. The normalized spacial score (nSPS) is 11.5. The molecule has 6 rings (SSSR count). The lowest BCUT2D eigenvalue weighted by molar-refractivity contribution is 0.415. The fourth-order valence-corrected chi connectivity index (χ4v) is 4.71. The summed E-state index contributed by atoms with van der Waals surface area (Å²) >= 11 is 1.52. The van der Waals surface area contributed by atoms with Crippen molar-refractivity contribution in [1.82, 2.24) is 24.6 Å². The summed E-state index contributed by atoms with van der Waals surface area (Å²) in [5, 5.41) is 10.6. The van der Waals surface area contributed by atoms with Crippen molar-refractivity contribution < 1.29 is 13.6 Å². The number of rotatable bonds is 6. The van der Waals surface area contributed by atoms with Crippen LogP contribution in [0.2, 0.25) is 0 Å². The molecule has 6 aromatic rings. The molecule has 9 heteroatoms. The Hall–Kier alpha value is -4.11. The molecule has 0 N–H and O–H groups in total. The van der Waals surface area contributed by atoms with Gasteiger partial charge < -0.3 is 13.6 Å². The summed E-state index contributed by atoms with van der Waals surface area (Å²) in [6.07, 6.45) is 1.63. The number of methoxy groups -OCH3 is 1. The molecule has 2 aromatic carbocycles. The lowest BCUT2D eigenvalue weighted by atomic mass is 10.2. The monoisotopic (exact) mass is 469 g/mol. The number of fused-ring (bicyclic) bond motifs is 3. The molecule has 4 heterocycles. The zero-order valence-electron chi connectivity index (χ0n) is 18.4. The number of furan rings is 1. The van der Waals surface area contributed by atoms with Crippen LogP contribution in [0, 0.1) is 6.92 Å². The van der Waals surface area contributed by atoms with E-state index in [0.29, 0.717) is 28.4 Å². The van der Waals surface area contributed by atoms with Crippen LogP contribution >= 0.6 is 11.8 Å². The number of para-hydroxylation sites is 1. The minimum Gasteiger partial charge on any atom is -0.497 e. The van der Waals surface area contributed by atoms with E-state index in [0.717, 1.165) is 39.3 Å². The van der Waals surface area contributed by atoms with Gasteiger partial charge in [-0.05, 0) is 55.5 Å². The molecule has 0 unspecified atom stereocenters. The van der Waals surface area contributed by atoms with E-state index in [1.165, 1.54) is 11.8 Å². The van der Waals surface area contributed by atoms with Gasteiger partial charge in [-0.1, -0.05) is 23.9 Å². The molecule has 0 aliphatic heterocycles. The topological polar surface area (TPSA) is 91.5 Å². The fourth-order valence-electron chi connectivity index (χ4n) is 3.78. The quantitative estimate of drug-likeness (QED) is 0.283. The Kier molecular flexibility index (Phi) is 5.03. The zero-order chi connectivity index (χ0) is 23.1. The predicted octanol–water partition coefficient (Wildman–Crippen LogP) is 5.80. The number of thioether (sulfide) groups is 1. The molecule has 0 aliphatic rings. The lowest BCUT2D eigenvalue weighted by Gasteiger charge is -2.07. The SMILES string of the molecule is COc1ccc(-c2nc(CSc3nnc4c5ccccc5nc(-c5ccco5)n34)c(C)o2)cc1. The van der Waals surface area contributed by atoms with Crippen LogP contribution in [0.1, 0.15) is 11.5 Å². The van der Waals surface area contributed by atoms with E-state index in [-0.39, 0.29) is 0 Å². The smallest absolute Gasteiger partial charge is 0.226 e. The molecule has 0 bridgehead atoms. The molecule has 4 aromatic heterocycles. The molecule has 168 valence electrons. The molecule has 0 spiro atoms. The first-order valence-electron chi connectivity index (χ1n) is 10.6. The number of hydrogen-bond donors (Lipinski definition) is 0. The zero-order valence-corrected chi connectivity index (χ0v) is 19.2. The first-order chi connectivity index (χ1) is 16.7. The fraction of sp³-hybridized carbons (Fsp3) is 0.120. The van der Waals surface area contributed by atoms with Crippen molar-refractivity contribution in [3.05, 3.63) is 78.4 Å². The molecule has 0 aliphatic carbocycles. The maximum Gasteiger partial charge on any atom is 0.226 e. The first-order valence-corrected chi connectivity index (χ1v) is 11.6. The van der Waals surface area contributed by atoms with Crippen molar-refractivity contribution in [1.29, 1.82) is 0 Å². The van der Waals surface area contributed by atoms with Gasteiger partial charge in [0, 0.05) is 16.7 Å². The van der Waals surface area contributed by atoms with E-state index in [2.05, 4.69) is 10.2 Å². The molecule has 0 saturated heterocycles. The first kappa shape index (κ1) is 20.5. The average Bonchev–Trinajstić information content (AvgIpc) is 3.63. The van der Waals surface area contributed by atoms with Gasteiger partial charge in [-0.25, -0.2) is 9.97 Å². The number of hydrogen-bond acceptors (Lipinski definition) is 8.